The average Bonchev–Trinajstić information content (AvgIpc) is 2.84. The first-order valence-electron chi connectivity index (χ1n) is 8.45. The number of para-hydroxylation sites is 1. The van der Waals surface area contributed by atoms with Crippen molar-refractivity contribution in [3.05, 3.63) is 53.1 Å². The van der Waals surface area contributed by atoms with Gasteiger partial charge in [0.1, 0.15) is 0 Å². The van der Waals surface area contributed by atoms with E-state index in [0.29, 0.717) is 5.69 Å². The van der Waals surface area contributed by atoms with E-state index in [9.17, 15) is 13.2 Å². The molecule has 2 aliphatic heterocycles. The molecule has 0 aromatic heterocycles. The highest BCUT2D eigenvalue weighted by atomic mass is 32.2. The Hall–Kier alpha value is -2.34. The zero-order chi connectivity index (χ0) is 17.8. The maximum Gasteiger partial charge on any atom is 0.261 e. The van der Waals surface area contributed by atoms with Crippen LogP contribution in [0.1, 0.15) is 36.0 Å². The molecule has 0 unspecified atom stereocenters. The van der Waals surface area contributed by atoms with Crippen LogP contribution >= 0.6 is 0 Å². The minimum atomic E-state index is -3.70. The molecule has 0 bridgehead atoms. The quantitative estimate of drug-likeness (QED) is 0.918. The molecule has 25 heavy (non-hydrogen) atoms. The lowest BCUT2D eigenvalue weighted by Gasteiger charge is -2.26. The summed E-state index contributed by atoms with van der Waals surface area (Å²) in [5, 5.41) is 0. The maximum atomic E-state index is 12.9. The second-order valence-corrected chi connectivity index (χ2v) is 8.44. The van der Waals surface area contributed by atoms with E-state index >= 15 is 0 Å². The van der Waals surface area contributed by atoms with E-state index in [-0.39, 0.29) is 16.7 Å². The van der Waals surface area contributed by atoms with Gasteiger partial charge in [-0.1, -0.05) is 18.2 Å². The molecule has 2 heterocycles. The number of rotatable bonds is 3. The molecule has 2 aromatic carbocycles. The average molecular weight is 356 g/mol. The lowest BCUT2D eigenvalue weighted by atomic mass is 9.97. The van der Waals surface area contributed by atoms with E-state index in [0.717, 1.165) is 41.8 Å². The van der Waals surface area contributed by atoms with Gasteiger partial charge < -0.3 is 4.90 Å². The second kappa shape index (κ2) is 5.59. The van der Waals surface area contributed by atoms with Gasteiger partial charge in [-0.3, -0.25) is 9.52 Å². The summed E-state index contributed by atoms with van der Waals surface area (Å²) in [6.07, 6.45) is 1.66. The van der Waals surface area contributed by atoms with Crippen molar-refractivity contribution in [1.82, 2.24) is 0 Å². The summed E-state index contributed by atoms with van der Waals surface area (Å²) in [4.78, 5) is 14.5. The molecule has 130 valence electrons. The van der Waals surface area contributed by atoms with Crippen LogP contribution in [0.25, 0.3) is 0 Å². The second-order valence-electron chi connectivity index (χ2n) is 6.76. The molecule has 0 spiro atoms. The fourth-order valence-electron chi connectivity index (χ4n) is 3.71. The third kappa shape index (κ3) is 2.52. The van der Waals surface area contributed by atoms with E-state index in [4.69, 9.17) is 0 Å². The van der Waals surface area contributed by atoms with Gasteiger partial charge in [-0.25, -0.2) is 8.42 Å². The fourth-order valence-corrected chi connectivity index (χ4v) is 4.93. The van der Waals surface area contributed by atoms with Gasteiger partial charge in [0.05, 0.1) is 22.2 Å². The van der Waals surface area contributed by atoms with Crippen LogP contribution in [0.3, 0.4) is 0 Å². The number of carbonyl (C=O) groups is 1. The molecular weight excluding hydrogens is 336 g/mol. The Morgan fingerprint density at radius 1 is 1.20 bits per heavy atom. The maximum absolute atomic E-state index is 12.9. The van der Waals surface area contributed by atoms with Crippen molar-refractivity contribution in [1.29, 1.82) is 0 Å². The van der Waals surface area contributed by atoms with Crippen molar-refractivity contribution < 1.29 is 13.2 Å². The summed E-state index contributed by atoms with van der Waals surface area (Å²) in [6, 6.07) is 10.7. The van der Waals surface area contributed by atoms with Crippen molar-refractivity contribution in [2.75, 3.05) is 16.2 Å². The highest BCUT2D eigenvalue weighted by molar-refractivity contribution is 7.92. The van der Waals surface area contributed by atoms with E-state index in [1.807, 2.05) is 30.9 Å². The minimum Gasteiger partial charge on any atom is -0.311 e. The molecule has 0 fully saturated rings. The van der Waals surface area contributed by atoms with Crippen LogP contribution in [0.5, 0.6) is 0 Å². The van der Waals surface area contributed by atoms with Crippen LogP contribution in [-0.2, 0) is 21.2 Å². The number of amides is 1. The number of nitrogens with one attached hydrogen (secondary N) is 1. The normalized spacial score (nSPS) is 19.0. The highest BCUT2D eigenvalue weighted by Gasteiger charge is 2.38. The third-order valence-electron chi connectivity index (χ3n) is 5.09. The summed E-state index contributed by atoms with van der Waals surface area (Å²) in [7, 11) is -3.70. The van der Waals surface area contributed by atoms with Crippen LogP contribution < -0.4 is 9.62 Å². The molecule has 2 aliphatic rings. The standard InChI is InChI=1S/C19H20N2O3S/c1-12-6-3-4-8-17(12)20-25(23,24)15-10-14-7-5-9-21-18(14)16(11-15)13(2)19(21)22/h3-4,6,8,10-11,13,20H,5,7,9H2,1-2H3/t13-/m0/s1. The Labute approximate surface area is 147 Å². The van der Waals surface area contributed by atoms with Crippen molar-refractivity contribution in [2.45, 2.75) is 37.5 Å². The Morgan fingerprint density at radius 3 is 2.72 bits per heavy atom. The monoisotopic (exact) mass is 356 g/mol. The molecule has 0 saturated heterocycles. The fraction of sp³-hybridized carbons (Fsp3) is 0.316. The van der Waals surface area contributed by atoms with Gasteiger partial charge in [-0.05, 0) is 61.6 Å². The molecule has 2 aromatic rings. The molecule has 4 rings (SSSR count). The van der Waals surface area contributed by atoms with E-state index in [2.05, 4.69) is 4.72 Å². The van der Waals surface area contributed by atoms with E-state index in [1.165, 1.54) is 0 Å². The predicted molar refractivity (Wildman–Crippen MR) is 97.5 cm³/mol. The van der Waals surface area contributed by atoms with Crippen LogP contribution in [-0.4, -0.2) is 20.9 Å². The van der Waals surface area contributed by atoms with Gasteiger partial charge in [0, 0.05) is 6.54 Å². The lowest BCUT2D eigenvalue weighted by Crippen LogP contribution is -2.32. The minimum absolute atomic E-state index is 0.0670. The van der Waals surface area contributed by atoms with Gasteiger partial charge in [-0.2, -0.15) is 0 Å². The Balaban J connectivity index is 1.80. The van der Waals surface area contributed by atoms with E-state index in [1.54, 1.807) is 24.3 Å². The van der Waals surface area contributed by atoms with Gasteiger partial charge in [0.15, 0.2) is 0 Å². The number of carbonyl (C=O) groups excluding carboxylic acids is 1. The molecule has 5 nitrogen and oxygen atoms in total. The molecule has 0 aliphatic carbocycles. The van der Waals surface area contributed by atoms with Gasteiger partial charge in [0.2, 0.25) is 5.91 Å². The molecule has 1 N–H and O–H groups in total. The summed E-state index contributed by atoms with van der Waals surface area (Å²) < 4.78 is 28.5. The first kappa shape index (κ1) is 16.1. The van der Waals surface area contributed by atoms with Crippen molar-refractivity contribution in [2.24, 2.45) is 0 Å². The van der Waals surface area contributed by atoms with Crippen LogP contribution in [0.2, 0.25) is 0 Å². The molecule has 6 heteroatoms. The molecule has 0 radical (unpaired) electrons. The third-order valence-corrected chi connectivity index (χ3v) is 6.44. The Kier molecular flexibility index (Phi) is 3.61. The van der Waals surface area contributed by atoms with Crippen molar-refractivity contribution in [3.63, 3.8) is 0 Å². The van der Waals surface area contributed by atoms with Crippen LogP contribution in [0.15, 0.2) is 41.3 Å². The summed E-state index contributed by atoms with van der Waals surface area (Å²) in [5.41, 5.74) is 4.14. The number of nitrogens with zero attached hydrogens (tertiary/aromatic N) is 1. The van der Waals surface area contributed by atoms with Crippen LogP contribution in [0.4, 0.5) is 11.4 Å². The number of aryl methyl sites for hydroxylation is 2. The van der Waals surface area contributed by atoms with Crippen molar-refractivity contribution in [3.8, 4) is 0 Å². The number of sulfonamides is 1. The highest BCUT2D eigenvalue weighted by Crippen LogP contribution is 2.44. The predicted octanol–water partition coefficient (Wildman–Crippen LogP) is 3.19. The van der Waals surface area contributed by atoms with Crippen LogP contribution in [0, 0.1) is 6.92 Å². The molecule has 1 amide bonds. The first-order chi connectivity index (χ1) is 11.9. The SMILES string of the molecule is Cc1ccccc1NS(=O)(=O)c1cc2c3c(c1)[C@H](C)C(=O)N3CCC2. The number of anilines is 2. The van der Waals surface area contributed by atoms with Crippen molar-refractivity contribution >= 4 is 27.3 Å². The molecular formula is C19H20N2O3S. The van der Waals surface area contributed by atoms with E-state index < -0.39 is 10.0 Å². The molecule has 0 saturated carbocycles. The smallest absolute Gasteiger partial charge is 0.261 e. The van der Waals surface area contributed by atoms with Gasteiger partial charge >= 0.3 is 0 Å². The zero-order valence-electron chi connectivity index (χ0n) is 14.2. The Morgan fingerprint density at radius 2 is 1.96 bits per heavy atom. The largest absolute Gasteiger partial charge is 0.311 e. The number of hydrogen-bond acceptors (Lipinski definition) is 3. The summed E-state index contributed by atoms with van der Waals surface area (Å²) in [6.45, 7) is 4.43. The number of benzene rings is 2. The number of hydrogen-bond donors (Lipinski definition) is 1. The zero-order valence-corrected chi connectivity index (χ0v) is 15.1. The summed E-state index contributed by atoms with van der Waals surface area (Å²) in [5.74, 6) is -0.224. The lowest BCUT2D eigenvalue weighted by molar-refractivity contribution is -0.119. The van der Waals surface area contributed by atoms with Gasteiger partial charge in [-0.15, -0.1) is 0 Å². The molecule has 1 atom stereocenters. The van der Waals surface area contributed by atoms with Gasteiger partial charge in [0.25, 0.3) is 10.0 Å². The first-order valence-corrected chi connectivity index (χ1v) is 9.93. The summed E-state index contributed by atoms with van der Waals surface area (Å²) >= 11 is 0. The Bertz CT molecular complexity index is 982. The topological polar surface area (TPSA) is 66.5 Å².